The van der Waals surface area contributed by atoms with Crippen LogP contribution in [0.1, 0.15) is 17.4 Å². The average molecular weight is 496 g/mol. The molecule has 3 heterocycles. The average Bonchev–Trinajstić information content (AvgIpc) is 3.55. The Balaban J connectivity index is 1.44. The molecule has 1 atom stereocenters. The van der Waals surface area contributed by atoms with Crippen LogP contribution < -0.4 is 14.4 Å². The lowest BCUT2D eigenvalue weighted by molar-refractivity contribution is 0.171. The molecule has 0 saturated carbocycles. The van der Waals surface area contributed by atoms with Crippen molar-refractivity contribution in [2.45, 2.75) is 12.6 Å². The molecule has 11 heteroatoms. The molecule has 0 unspecified atom stereocenters. The van der Waals surface area contributed by atoms with E-state index in [1.807, 2.05) is 28.9 Å². The number of rotatable bonds is 9. The van der Waals surface area contributed by atoms with Crippen molar-refractivity contribution in [2.75, 3.05) is 59.0 Å². The monoisotopic (exact) mass is 495 g/mol. The highest BCUT2D eigenvalue weighted by Gasteiger charge is 2.33. The summed E-state index contributed by atoms with van der Waals surface area (Å²) < 4.78 is 19.5. The third-order valence-corrected chi connectivity index (χ3v) is 7.38. The molecule has 0 spiro atoms. The molecular formula is C24H29N7O3S. The first-order chi connectivity index (χ1) is 17.2. The molecule has 1 saturated heterocycles. The van der Waals surface area contributed by atoms with Gasteiger partial charge in [-0.15, -0.1) is 5.10 Å². The number of piperazine rings is 1. The molecule has 2 aromatic heterocycles. The Kier molecular flexibility index (Phi) is 7.07. The van der Waals surface area contributed by atoms with Gasteiger partial charge >= 0.3 is 0 Å². The minimum Gasteiger partial charge on any atom is -0.497 e. The van der Waals surface area contributed by atoms with Gasteiger partial charge in [0.25, 0.3) is 0 Å². The fraction of sp³-hybridized carbons (Fsp3) is 0.417. The highest BCUT2D eigenvalue weighted by molar-refractivity contribution is 7.22. The summed E-state index contributed by atoms with van der Waals surface area (Å²) in [6.45, 7) is 4.46. The first-order valence-corrected chi connectivity index (χ1v) is 12.3. The second-order valence-corrected chi connectivity index (χ2v) is 9.26. The quantitative estimate of drug-likeness (QED) is 0.348. The van der Waals surface area contributed by atoms with Gasteiger partial charge in [0, 0.05) is 44.9 Å². The molecule has 35 heavy (non-hydrogen) atoms. The summed E-state index contributed by atoms with van der Waals surface area (Å²) in [4.78, 5) is 9.61. The van der Waals surface area contributed by atoms with E-state index in [1.165, 1.54) is 4.70 Å². The van der Waals surface area contributed by atoms with Crippen molar-refractivity contribution in [2.24, 2.45) is 0 Å². The smallest absolute Gasteiger partial charge is 0.186 e. The molecule has 2 aromatic carbocycles. The van der Waals surface area contributed by atoms with Gasteiger partial charge in [0.1, 0.15) is 17.5 Å². The van der Waals surface area contributed by atoms with Crippen LogP contribution in [-0.2, 0) is 11.3 Å². The Morgan fingerprint density at radius 2 is 1.83 bits per heavy atom. The Morgan fingerprint density at radius 1 is 1.00 bits per heavy atom. The molecular weight excluding hydrogens is 466 g/mol. The van der Waals surface area contributed by atoms with Gasteiger partial charge in [-0.1, -0.05) is 23.5 Å². The van der Waals surface area contributed by atoms with Crippen LogP contribution in [0.2, 0.25) is 0 Å². The van der Waals surface area contributed by atoms with Crippen molar-refractivity contribution in [1.29, 1.82) is 0 Å². The molecule has 5 rings (SSSR count). The number of para-hydroxylation sites is 1. The van der Waals surface area contributed by atoms with Gasteiger partial charge in [0.15, 0.2) is 11.0 Å². The number of nitrogens with zero attached hydrogens (tertiary/aromatic N) is 7. The predicted molar refractivity (Wildman–Crippen MR) is 134 cm³/mol. The van der Waals surface area contributed by atoms with Crippen molar-refractivity contribution in [3.05, 3.63) is 53.9 Å². The summed E-state index contributed by atoms with van der Waals surface area (Å²) >= 11 is 1.74. The van der Waals surface area contributed by atoms with E-state index < -0.39 is 0 Å². The molecule has 1 aliphatic heterocycles. The first kappa shape index (κ1) is 23.5. The highest BCUT2D eigenvalue weighted by atomic mass is 32.1. The van der Waals surface area contributed by atoms with Crippen molar-refractivity contribution < 1.29 is 14.2 Å². The molecule has 0 radical (unpaired) electrons. The Bertz CT molecular complexity index is 1240. The molecule has 184 valence electrons. The fourth-order valence-electron chi connectivity index (χ4n) is 4.45. The molecule has 0 aliphatic carbocycles. The minimum absolute atomic E-state index is 0.180. The number of hydrogen-bond acceptors (Lipinski definition) is 10. The lowest BCUT2D eigenvalue weighted by Gasteiger charge is -2.39. The third kappa shape index (κ3) is 4.79. The zero-order valence-corrected chi connectivity index (χ0v) is 20.9. The summed E-state index contributed by atoms with van der Waals surface area (Å²) in [6, 6.07) is 14.0. The summed E-state index contributed by atoms with van der Waals surface area (Å²) in [5.41, 5.74) is 2.04. The number of hydrogen-bond donors (Lipinski definition) is 0. The van der Waals surface area contributed by atoms with E-state index in [4.69, 9.17) is 19.2 Å². The van der Waals surface area contributed by atoms with Gasteiger partial charge in [0.05, 0.1) is 37.6 Å². The Labute approximate surface area is 208 Å². The van der Waals surface area contributed by atoms with Crippen LogP contribution >= 0.6 is 11.3 Å². The number of methoxy groups -OCH3 is 3. The van der Waals surface area contributed by atoms with Crippen LogP contribution in [0.4, 0.5) is 5.13 Å². The predicted octanol–water partition coefficient (Wildman–Crippen LogP) is 2.86. The maximum Gasteiger partial charge on any atom is 0.186 e. The van der Waals surface area contributed by atoms with Crippen LogP contribution in [0.5, 0.6) is 11.5 Å². The van der Waals surface area contributed by atoms with E-state index in [9.17, 15) is 0 Å². The van der Waals surface area contributed by atoms with Crippen LogP contribution in [0.3, 0.4) is 0 Å². The highest BCUT2D eigenvalue weighted by Crippen LogP contribution is 2.37. The topological polar surface area (TPSA) is 90.7 Å². The van der Waals surface area contributed by atoms with E-state index in [2.05, 4.69) is 43.5 Å². The minimum atomic E-state index is -0.180. The zero-order chi connectivity index (χ0) is 24.2. The number of tetrazole rings is 1. The van der Waals surface area contributed by atoms with Gasteiger partial charge in [-0.05, 0) is 34.7 Å². The zero-order valence-electron chi connectivity index (χ0n) is 20.1. The van der Waals surface area contributed by atoms with Crippen molar-refractivity contribution >= 4 is 26.7 Å². The second-order valence-electron chi connectivity index (χ2n) is 8.25. The summed E-state index contributed by atoms with van der Waals surface area (Å²) in [5.74, 6) is 2.24. The fourth-order valence-corrected chi connectivity index (χ4v) is 5.47. The van der Waals surface area contributed by atoms with Gasteiger partial charge in [0.2, 0.25) is 0 Å². The number of fused-ring (bicyclic) bond motifs is 1. The summed E-state index contributed by atoms with van der Waals surface area (Å²) in [5, 5.41) is 13.7. The first-order valence-electron chi connectivity index (χ1n) is 11.5. The lowest BCUT2D eigenvalue weighted by Crippen LogP contribution is -2.48. The maximum atomic E-state index is 5.77. The Hall–Kier alpha value is -3.28. The molecule has 1 aliphatic rings. The van der Waals surface area contributed by atoms with Gasteiger partial charge in [-0.25, -0.2) is 9.67 Å². The number of benzene rings is 2. The maximum absolute atomic E-state index is 5.77. The van der Waals surface area contributed by atoms with Gasteiger partial charge < -0.3 is 19.1 Å². The molecule has 4 aromatic rings. The molecule has 1 fully saturated rings. The van der Waals surface area contributed by atoms with Gasteiger partial charge in [-0.2, -0.15) is 0 Å². The third-order valence-electron chi connectivity index (χ3n) is 6.28. The second kappa shape index (κ2) is 10.5. The van der Waals surface area contributed by atoms with Crippen LogP contribution in [0.15, 0.2) is 42.5 Å². The standard InChI is InChI=1S/C24H29N7O3S/c1-32-15-14-31-23(26-27-28-31)22(18-9-8-17(33-2)16-20(18)34-3)29-10-12-30(13-11-29)24-25-19-6-4-5-7-21(19)35-24/h4-9,16,22H,10-15H2,1-3H3/t22-/m0/s1. The van der Waals surface area contributed by atoms with Crippen LogP contribution in [0, 0.1) is 0 Å². The normalized spacial score (nSPS) is 15.5. The van der Waals surface area contributed by atoms with Gasteiger partial charge in [-0.3, -0.25) is 4.90 Å². The summed E-state index contributed by atoms with van der Waals surface area (Å²) in [6.07, 6.45) is 0. The van der Waals surface area contributed by atoms with Crippen LogP contribution in [-0.4, -0.2) is 84.2 Å². The summed E-state index contributed by atoms with van der Waals surface area (Å²) in [7, 11) is 5.00. The Morgan fingerprint density at radius 3 is 2.57 bits per heavy atom. The lowest BCUT2D eigenvalue weighted by atomic mass is 10.0. The SMILES string of the molecule is COCCn1nnnc1[C@H](c1ccc(OC)cc1OC)N1CCN(c2nc3ccccc3s2)CC1. The van der Waals surface area contributed by atoms with Crippen molar-refractivity contribution in [3.8, 4) is 11.5 Å². The van der Waals surface area contributed by atoms with E-state index in [0.717, 1.165) is 59.7 Å². The number of anilines is 1. The number of ether oxygens (including phenoxy) is 3. The number of aromatic nitrogens is 5. The van der Waals surface area contributed by atoms with E-state index in [0.29, 0.717) is 13.2 Å². The van der Waals surface area contributed by atoms with Crippen molar-refractivity contribution in [3.63, 3.8) is 0 Å². The molecule has 0 bridgehead atoms. The van der Waals surface area contributed by atoms with Crippen molar-refractivity contribution in [1.82, 2.24) is 30.1 Å². The molecule has 10 nitrogen and oxygen atoms in total. The van der Waals surface area contributed by atoms with E-state index in [1.54, 1.807) is 32.7 Å². The van der Waals surface area contributed by atoms with Crippen LogP contribution in [0.25, 0.3) is 10.2 Å². The number of thiazole rings is 1. The molecule has 0 N–H and O–H groups in total. The molecule has 0 amide bonds. The van der Waals surface area contributed by atoms with E-state index in [-0.39, 0.29) is 6.04 Å². The van der Waals surface area contributed by atoms with E-state index >= 15 is 0 Å². The largest absolute Gasteiger partial charge is 0.497 e.